The Kier molecular flexibility index (Phi) is 3.03. The lowest BCUT2D eigenvalue weighted by Crippen LogP contribution is -2.46. The lowest BCUT2D eigenvalue weighted by Gasteiger charge is -2.43. The van der Waals surface area contributed by atoms with Gasteiger partial charge in [-0.3, -0.25) is 4.90 Å². The van der Waals surface area contributed by atoms with Crippen LogP contribution in [0.1, 0.15) is 38.5 Å². The summed E-state index contributed by atoms with van der Waals surface area (Å²) in [5.74, 6) is 1.97. The average molecular weight is 221 g/mol. The Morgan fingerprint density at radius 1 is 1.00 bits per heavy atom. The van der Waals surface area contributed by atoms with Crippen molar-refractivity contribution >= 4 is 0 Å². The highest BCUT2D eigenvalue weighted by Crippen LogP contribution is 2.37. The van der Waals surface area contributed by atoms with E-state index in [9.17, 15) is 5.11 Å². The van der Waals surface area contributed by atoms with Gasteiger partial charge in [-0.15, -0.1) is 0 Å². The Bertz CT molecular complexity index is 276. The smallest absolute Gasteiger partial charge is 0.0739 e. The second-order valence-electron chi connectivity index (χ2n) is 5.84. The van der Waals surface area contributed by atoms with E-state index >= 15 is 0 Å². The standard InChI is InChI=1S/C14H23NO/c16-14-6-5-13(9-14)15-8-7-11-3-1-2-4-12(11)10-15/h5-6,11-14,16H,1-4,7-10H2/t11?,12?,13-,14-/m0/s1. The van der Waals surface area contributed by atoms with Crippen molar-refractivity contribution in [2.75, 3.05) is 13.1 Å². The van der Waals surface area contributed by atoms with Crippen molar-refractivity contribution in [1.29, 1.82) is 0 Å². The highest BCUT2D eigenvalue weighted by Gasteiger charge is 2.34. The fourth-order valence-electron chi connectivity index (χ4n) is 3.86. The van der Waals surface area contributed by atoms with E-state index in [1.54, 1.807) is 0 Å². The molecule has 0 bridgehead atoms. The molecular weight excluding hydrogens is 198 g/mol. The van der Waals surface area contributed by atoms with Gasteiger partial charge >= 0.3 is 0 Å². The van der Waals surface area contributed by atoms with E-state index < -0.39 is 0 Å². The third-order valence-electron chi connectivity index (χ3n) is 4.83. The zero-order chi connectivity index (χ0) is 11.0. The summed E-state index contributed by atoms with van der Waals surface area (Å²) in [7, 11) is 0. The second kappa shape index (κ2) is 4.50. The van der Waals surface area contributed by atoms with E-state index in [2.05, 4.69) is 11.0 Å². The molecule has 1 N–H and O–H groups in total. The Morgan fingerprint density at radius 3 is 2.56 bits per heavy atom. The van der Waals surface area contributed by atoms with Crippen LogP contribution in [0.4, 0.5) is 0 Å². The summed E-state index contributed by atoms with van der Waals surface area (Å²) < 4.78 is 0. The summed E-state index contributed by atoms with van der Waals surface area (Å²) in [5.41, 5.74) is 0. The molecule has 2 fully saturated rings. The van der Waals surface area contributed by atoms with Crippen molar-refractivity contribution in [1.82, 2.24) is 4.90 Å². The van der Waals surface area contributed by atoms with E-state index in [0.717, 1.165) is 18.3 Å². The highest BCUT2D eigenvalue weighted by atomic mass is 16.3. The first-order chi connectivity index (χ1) is 7.83. The molecule has 2 unspecified atom stereocenters. The van der Waals surface area contributed by atoms with Crippen LogP contribution in [0.15, 0.2) is 12.2 Å². The minimum Gasteiger partial charge on any atom is -0.389 e. The molecule has 1 saturated heterocycles. The minimum atomic E-state index is -0.186. The topological polar surface area (TPSA) is 23.5 Å². The normalized spacial score (nSPS) is 44.6. The van der Waals surface area contributed by atoms with Gasteiger partial charge in [0.05, 0.1) is 6.10 Å². The summed E-state index contributed by atoms with van der Waals surface area (Å²) in [4.78, 5) is 2.61. The molecular formula is C14H23NO. The number of hydrogen-bond donors (Lipinski definition) is 1. The van der Waals surface area contributed by atoms with Gasteiger partial charge in [-0.05, 0) is 37.6 Å². The first-order valence-electron chi connectivity index (χ1n) is 6.93. The third-order valence-corrected chi connectivity index (χ3v) is 4.83. The molecule has 0 radical (unpaired) electrons. The molecule has 3 rings (SSSR count). The van der Waals surface area contributed by atoms with Gasteiger partial charge in [0, 0.05) is 12.6 Å². The van der Waals surface area contributed by atoms with Gasteiger partial charge < -0.3 is 5.11 Å². The van der Waals surface area contributed by atoms with Gasteiger partial charge in [0.2, 0.25) is 0 Å². The summed E-state index contributed by atoms with van der Waals surface area (Å²) in [6.07, 6.45) is 12.1. The molecule has 0 aromatic rings. The fraction of sp³-hybridized carbons (Fsp3) is 0.857. The molecule has 0 aromatic carbocycles. The first-order valence-corrected chi connectivity index (χ1v) is 6.93. The van der Waals surface area contributed by atoms with Gasteiger partial charge in [-0.2, -0.15) is 0 Å². The number of hydrogen-bond acceptors (Lipinski definition) is 2. The van der Waals surface area contributed by atoms with Gasteiger partial charge in [-0.1, -0.05) is 31.4 Å². The van der Waals surface area contributed by atoms with Crippen molar-refractivity contribution in [2.24, 2.45) is 11.8 Å². The number of piperidine rings is 1. The molecule has 3 aliphatic rings. The molecule has 1 aliphatic heterocycles. The first kappa shape index (κ1) is 10.8. The van der Waals surface area contributed by atoms with E-state index in [-0.39, 0.29) is 6.10 Å². The Hall–Kier alpha value is -0.340. The summed E-state index contributed by atoms with van der Waals surface area (Å²) in [6, 6.07) is 0.526. The van der Waals surface area contributed by atoms with Crippen LogP contribution in [-0.4, -0.2) is 35.2 Å². The molecule has 16 heavy (non-hydrogen) atoms. The fourth-order valence-corrected chi connectivity index (χ4v) is 3.86. The second-order valence-corrected chi connectivity index (χ2v) is 5.84. The minimum absolute atomic E-state index is 0.186. The van der Waals surface area contributed by atoms with E-state index in [1.807, 2.05) is 6.08 Å². The molecule has 4 atom stereocenters. The maximum absolute atomic E-state index is 9.55. The van der Waals surface area contributed by atoms with Gasteiger partial charge in [0.15, 0.2) is 0 Å². The van der Waals surface area contributed by atoms with Crippen molar-refractivity contribution < 1.29 is 5.11 Å². The van der Waals surface area contributed by atoms with E-state index in [1.165, 1.54) is 45.2 Å². The largest absolute Gasteiger partial charge is 0.389 e. The lowest BCUT2D eigenvalue weighted by molar-refractivity contribution is 0.0611. The summed E-state index contributed by atoms with van der Waals surface area (Å²) >= 11 is 0. The third kappa shape index (κ3) is 2.05. The quantitative estimate of drug-likeness (QED) is 0.686. The van der Waals surface area contributed by atoms with Crippen LogP contribution in [0, 0.1) is 11.8 Å². The van der Waals surface area contributed by atoms with Crippen LogP contribution < -0.4 is 0 Å². The summed E-state index contributed by atoms with van der Waals surface area (Å²) in [5, 5.41) is 9.55. The molecule has 2 heteroatoms. The van der Waals surface area contributed by atoms with Crippen molar-refractivity contribution in [3.05, 3.63) is 12.2 Å². The Balaban J connectivity index is 1.60. The Morgan fingerprint density at radius 2 is 1.81 bits per heavy atom. The zero-order valence-corrected chi connectivity index (χ0v) is 10.0. The molecule has 2 aliphatic carbocycles. The number of aliphatic hydroxyl groups is 1. The maximum Gasteiger partial charge on any atom is 0.0739 e. The summed E-state index contributed by atoms with van der Waals surface area (Å²) in [6.45, 7) is 2.54. The molecule has 1 saturated carbocycles. The van der Waals surface area contributed by atoms with Gasteiger partial charge in [0.1, 0.15) is 0 Å². The van der Waals surface area contributed by atoms with E-state index in [4.69, 9.17) is 0 Å². The van der Waals surface area contributed by atoms with Gasteiger partial charge in [0.25, 0.3) is 0 Å². The predicted octanol–water partition coefficient (Wildman–Crippen LogP) is 2.19. The van der Waals surface area contributed by atoms with Crippen LogP contribution in [0.2, 0.25) is 0 Å². The predicted molar refractivity (Wildman–Crippen MR) is 65.2 cm³/mol. The van der Waals surface area contributed by atoms with Crippen LogP contribution >= 0.6 is 0 Å². The molecule has 90 valence electrons. The van der Waals surface area contributed by atoms with Crippen LogP contribution in [0.25, 0.3) is 0 Å². The number of likely N-dealkylation sites (tertiary alicyclic amines) is 1. The molecule has 0 aromatic heterocycles. The monoisotopic (exact) mass is 221 g/mol. The number of aliphatic hydroxyl groups excluding tert-OH is 1. The Labute approximate surface area is 98.3 Å². The van der Waals surface area contributed by atoms with Crippen molar-refractivity contribution in [3.8, 4) is 0 Å². The van der Waals surface area contributed by atoms with Crippen LogP contribution in [0.3, 0.4) is 0 Å². The van der Waals surface area contributed by atoms with Crippen molar-refractivity contribution in [2.45, 2.75) is 50.7 Å². The SMILES string of the molecule is O[C@H]1C=C[C@H](N2CCC3CCCCC3C2)C1. The number of rotatable bonds is 1. The van der Waals surface area contributed by atoms with Crippen LogP contribution in [0.5, 0.6) is 0 Å². The highest BCUT2D eigenvalue weighted by molar-refractivity contribution is 5.08. The number of fused-ring (bicyclic) bond motifs is 1. The van der Waals surface area contributed by atoms with Crippen molar-refractivity contribution in [3.63, 3.8) is 0 Å². The molecule has 2 nitrogen and oxygen atoms in total. The van der Waals surface area contributed by atoms with Crippen LogP contribution in [-0.2, 0) is 0 Å². The van der Waals surface area contributed by atoms with E-state index in [0.29, 0.717) is 6.04 Å². The maximum atomic E-state index is 9.55. The average Bonchev–Trinajstić information content (AvgIpc) is 2.75. The van der Waals surface area contributed by atoms with Gasteiger partial charge in [-0.25, -0.2) is 0 Å². The lowest BCUT2D eigenvalue weighted by atomic mass is 9.75. The number of nitrogens with zero attached hydrogens (tertiary/aromatic N) is 1. The zero-order valence-electron chi connectivity index (χ0n) is 10.0. The molecule has 0 spiro atoms. The molecule has 1 heterocycles. The molecule has 0 amide bonds.